The van der Waals surface area contributed by atoms with Crippen LogP contribution in [-0.4, -0.2) is 53.7 Å². The lowest BCUT2D eigenvalue weighted by Crippen LogP contribution is -2.50. The number of piperazine rings is 1. The SMILES string of the molecule is OC(CCN1CCN2CCCC2C1)c1ccc(F)cc1. The van der Waals surface area contributed by atoms with Crippen LogP contribution in [0.5, 0.6) is 0 Å². The van der Waals surface area contributed by atoms with Crippen molar-refractivity contribution >= 4 is 0 Å². The summed E-state index contributed by atoms with van der Waals surface area (Å²) in [5.74, 6) is -0.252. The van der Waals surface area contributed by atoms with Crippen molar-refractivity contribution in [3.63, 3.8) is 0 Å². The Labute approximate surface area is 120 Å². The largest absolute Gasteiger partial charge is 0.388 e. The van der Waals surface area contributed by atoms with E-state index in [-0.39, 0.29) is 5.82 Å². The highest BCUT2D eigenvalue weighted by Crippen LogP contribution is 2.23. The standard InChI is InChI=1S/C16H23FN2O/c17-14-5-3-13(4-6-14)16(20)7-9-18-10-11-19-8-1-2-15(19)12-18/h3-6,15-16,20H,1-2,7-12H2. The van der Waals surface area contributed by atoms with Gasteiger partial charge in [0.1, 0.15) is 5.82 Å². The number of halogens is 1. The summed E-state index contributed by atoms with van der Waals surface area (Å²) in [6.45, 7) is 5.58. The first-order chi connectivity index (χ1) is 9.72. The summed E-state index contributed by atoms with van der Waals surface area (Å²) in [5, 5.41) is 10.2. The number of rotatable bonds is 4. The molecule has 0 aliphatic carbocycles. The summed E-state index contributed by atoms with van der Waals surface area (Å²) in [4.78, 5) is 5.05. The molecule has 2 aliphatic heterocycles. The van der Waals surface area contributed by atoms with Crippen molar-refractivity contribution in [1.29, 1.82) is 0 Å². The first-order valence-corrected chi connectivity index (χ1v) is 7.62. The van der Waals surface area contributed by atoms with Gasteiger partial charge in [0.05, 0.1) is 6.10 Å². The van der Waals surface area contributed by atoms with Crippen LogP contribution in [0, 0.1) is 5.82 Å². The number of aliphatic hydroxyl groups excluding tert-OH is 1. The van der Waals surface area contributed by atoms with Crippen molar-refractivity contribution in [3.8, 4) is 0 Å². The number of benzene rings is 1. The molecule has 0 amide bonds. The average Bonchev–Trinajstić information content (AvgIpc) is 2.93. The number of nitrogens with zero attached hydrogens (tertiary/aromatic N) is 2. The molecule has 0 bridgehead atoms. The molecule has 2 fully saturated rings. The molecule has 1 N–H and O–H groups in total. The maximum Gasteiger partial charge on any atom is 0.123 e. The van der Waals surface area contributed by atoms with Crippen LogP contribution in [0.4, 0.5) is 4.39 Å². The van der Waals surface area contributed by atoms with Gasteiger partial charge in [-0.3, -0.25) is 4.90 Å². The van der Waals surface area contributed by atoms with Crippen molar-refractivity contribution in [2.45, 2.75) is 31.4 Å². The van der Waals surface area contributed by atoms with E-state index in [1.807, 2.05) is 0 Å². The normalized spacial score (nSPS) is 25.6. The van der Waals surface area contributed by atoms with Gasteiger partial charge in [-0.1, -0.05) is 12.1 Å². The van der Waals surface area contributed by atoms with Gasteiger partial charge in [-0.15, -0.1) is 0 Å². The van der Waals surface area contributed by atoms with Crippen molar-refractivity contribution in [2.24, 2.45) is 0 Å². The van der Waals surface area contributed by atoms with E-state index in [1.165, 1.54) is 31.5 Å². The van der Waals surface area contributed by atoms with Crippen molar-refractivity contribution in [3.05, 3.63) is 35.6 Å². The van der Waals surface area contributed by atoms with Crippen LogP contribution in [0.15, 0.2) is 24.3 Å². The molecule has 4 heteroatoms. The van der Waals surface area contributed by atoms with Crippen LogP contribution in [0.2, 0.25) is 0 Å². The quantitative estimate of drug-likeness (QED) is 0.913. The Kier molecular flexibility index (Phi) is 4.34. The third-order valence-corrected chi connectivity index (χ3v) is 4.65. The Hall–Kier alpha value is -0.970. The van der Waals surface area contributed by atoms with Crippen LogP contribution in [0.25, 0.3) is 0 Å². The molecule has 1 aromatic carbocycles. The first kappa shape index (κ1) is 14.0. The number of hydrogen-bond acceptors (Lipinski definition) is 3. The Balaban J connectivity index is 1.48. The van der Waals surface area contributed by atoms with Crippen molar-refractivity contribution in [2.75, 3.05) is 32.7 Å². The minimum Gasteiger partial charge on any atom is -0.388 e. The fourth-order valence-electron chi connectivity index (χ4n) is 3.42. The Bertz CT molecular complexity index is 437. The van der Waals surface area contributed by atoms with Crippen molar-refractivity contribution < 1.29 is 9.50 Å². The zero-order valence-corrected chi connectivity index (χ0v) is 11.8. The Morgan fingerprint density at radius 3 is 2.80 bits per heavy atom. The molecule has 3 nitrogen and oxygen atoms in total. The van der Waals surface area contributed by atoms with E-state index in [9.17, 15) is 9.50 Å². The van der Waals surface area contributed by atoms with E-state index in [0.29, 0.717) is 0 Å². The minimum absolute atomic E-state index is 0.252. The fourth-order valence-corrected chi connectivity index (χ4v) is 3.42. The van der Waals surface area contributed by atoms with Gasteiger partial charge in [0, 0.05) is 32.2 Å². The van der Waals surface area contributed by atoms with Gasteiger partial charge < -0.3 is 10.0 Å². The molecule has 2 heterocycles. The molecule has 2 saturated heterocycles. The molecule has 0 radical (unpaired) electrons. The van der Waals surface area contributed by atoms with Crippen LogP contribution in [0.3, 0.4) is 0 Å². The molecular weight excluding hydrogens is 255 g/mol. The third-order valence-electron chi connectivity index (χ3n) is 4.65. The Morgan fingerprint density at radius 2 is 2.00 bits per heavy atom. The lowest BCUT2D eigenvalue weighted by atomic mass is 10.1. The fraction of sp³-hybridized carbons (Fsp3) is 0.625. The second-order valence-corrected chi connectivity index (χ2v) is 5.99. The molecular formula is C16H23FN2O. The minimum atomic E-state index is -0.489. The molecule has 0 saturated carbocycles. The topological polar surface area (TPSA) is 26.7 Å². The smallest absolute Gasteiger partial charge is 0.123 e. The summed E-state index contributed by atoms with van der Waals surface area (Å²) < 4.78 is 12.9. The highest BCUT2D eigenvalue weighted by molar-refractivity contribution is 5.18. The van der Waals surface area contributed by atoms with Crippen LogP contribution in [0.1, 0.15) is 30.9 Å². The Morgan fingerprint density at radius 1 is 1.20 bits per heavy atom. The van der Waals surface area contributed by atoms with Gasteiger partial charge in [0.2, 0.25) is 0 Å². The van der Waals surface area contributed by atoms with E-state index in [0.717, 1.165) is 44.2 Å². The average molecular weight is 278 g/mol. The number of fused-ring (bicyclic) bond motifs is 1. The van der Waals surface area contributed by atoms with Gasteiger partial charge in [-0.05, 0) is 43.5 Å². The van der Waals surface area contributed by atoms with Crippen LogP contribution >= 0.6 is 0 Å². The molecule has 0 aromatic heterocycles. The molecule has 2 aliphatic rings. The molecule has 3 rings (SSSR count). The monoisotopic (exact) mass is 278 g/mol. The van der Waals surface area contributed by atoms with Gasteiger partial charge in [0.15, 0.2) is 0 Å². The molecule has 2 atom stereocenters. The maximum absolute atomic E-state index is 12.9. The second kappa shape index (κ2) is 6.20. The summed E-state index contributed by atoms with van der Waals surface area (Å²) in [6, 6.07) is 6.90. The maximum atomic E-state index is 12.9. The molecule has 20 heavy (non-hydrogen) atoms. The van der Waals surface area contributed by atoms with Gasteiger partial charge >= 0.3 is 0 Å². The molecule has 110 valence electrons. The summed E-state index contributed by atoms with van der Waals surface area (Å²) in [5.41, 5.74) is 0.811. The molecule has 1 aromatic rings. The second-order valence-electron chi connectivity index (χ2n) is 5.99. The molecule has 2 unspecified atom stereocenters. The van der Waals surface area contributed by atoms with Gasteiger partial charge in [-0.2, -0.15) is 0 Å². The highest BCUT2D eigenvalue weighted by Gasteiger charge is 2.30. The van der Waals surface area contributed by atoms with Gasteiger partial charge in [-0.25, -0.2) is 4.39 Å². The van der Waals surface area contributed by atoms with E-state index >= 15 is 0 Å². The predicted molar refractivity (Wildman–Crippen MR) is 77.0 cm³/mol. The van der Waals surface area contributed by atoms with E-state index < -0.39 is 6.10 Å². The highest BCUT2D eigenvalue weighted by atomic mass is 19.1. The zero-order chi connectivity index (χ0) is 13.9. The zero-order valence-electron chi connectivity index (χ0n) is 11.8. The van der Waals surface area contributed by atoms with E-state index in [2.05, 4.69) is 9.80 Å². The third kappa shape index (κ3) is 3.19. The van der Waals surface area contributed by atoms with Crippen LogP contribution in [-0.2, 0) is 0 Å². The van der Waals surface area contributed by atoms with Gasteiger partial charge in [0.25, 0.3) is 0 Å². The van der Waals surface area contributed by atoms with Crippen LogP contribution < -0.4 is 0 Å². The molecule has 0 spiro atoms. The van der Waals surface area contributed by atoms with Crippen molar-refractivity contribution in [1.82, 2.24) is 9.80 Å². The summed E-state index contributed by atoms with van der Waals surface area (Å²) in [7, 11) is 0. The first-order valence-electron chi connectivity index (χ1n) is 7.62. The number of aliphatic hydroxyl groups is 1. The lowest BCUT2D eigenvalue weighted by molar-refractivity contribution is 0.0835. The lowest BCUT2D eigenvalue weighted by Gasteiger charge is -2.37. The van der Waals surface area contributed by atoms with E-state index in [4.69, 9.17) is 0 Å². The number of hydrogen-bond donors (Lipinski definition) is 1. The summed E-state index contributed by atoms with van der Waals surface area (Å²) in [6.07, 6.45) is 2.88. The van der Waals surface area contributed by atoms with E-state index in [1.54, 1.807) is 12.1 Å². The predicted octanol–water partition coefficient (Wildman–Crippen LogP) is 2.03. The summed E-state index contributed by atoms with van der Waals surface area (Å²) >= 11 is 0.